The lowest BCUT2D eigenvalue weighted by atomic mass is 10.1. The van der Waals surface area contributed by atoms with Crippen molar-refractivity contribution in [3.63, 3.8) is 0 Å². The highest BCUT2D eigenvalue weighted by atomic mass is 32.1. The Bertz CT molecular complexity index is 444. The minimum Gasteiger partial charge on any atom is -0.379 e. The minimum absolute atomic E-state index is 0.535. The van der Waals surface area contributed by atoms with Gasteiger partial charge in [-0.15, -0.1) is 11.3 Å². The Morgan fingerprint density at radius 1 is 1.38 bits per heavy atom. The van der Waals surface area contributed by atoms with Crippen molar-refractivity contribution in [1.82, 2.24) is 15.1 Å². The first-order chi connectivity index (χ1) is 10.2. The summed E-state index contributed by atoms with van der Waals surface area (Å²) >= 11 is 1.92. The lowest BCUT2D eigenvalue weighted by Gasteiger charge is -2.40. The molecule has 2 unspecified atom stereocenters. The Balaban J connectivity index is 1.75. The molecule has 0 bridgehead atoms. The maximum absolute atomic E-state index is 5.50. The van der Waals surface area contributed by atoms with Gasteiger partial charge in [0.05, 0.1) is 19.3 Å². The number of piperazine rings is 1. The number of morpholine rings is 1. The Labute approximate surface area is 132 Å². The molecular weight excluding hydrogens is 282 g/mol. The van der Waals surface area contributed by atoms with E-state index in [4.69, 9.17) is 4.74 Å². The van der Waals surface area contributed by atoms with E-state index in [1.807, 2.05) is 11.3 Å². The van der Waals surface area contributed by atoms with Crippen LogP contribution in [0.25, 0.3) is 0 Å². The summed E-state index contributed by atoms with van der Waals surface area (Å²) in [5.74, 6) is 0. The van der Waals surface area contributed by atoms with Gasteiger partial charge in [0.15, 0.2) is 0 Å². The Morgan fingerprint density at radius 3 is 2.86 bits per heavy atom. The molecule has 0 saturated carbocycles. The molecule has 2 aliphatic rings. The monoisotopic (exact) mass is 309 g/mol. The highest BCUT2D eigenvalue weighted by molar-refractivity contribution is 7.10. The van der Waals surface area contributed by atoms with E-state index in [0.717, 1.165) is 52.5 Å². The molecule has 0 spiro atoms. The van der Waals surface area contributed by atoms with Gasteiger partial charge in [0, 0.05) is 50.2 Å². The molecule has 2 atom stereocenters. The zero-order valence-corrected chi connectivity index (χ0v) is 14.0. The second-order valence-corrected chi connectivity index (χ2v) is 7.19. The largest absolute Gasteiger partial charge is 0.379 e. The summed E-state index contributed by atoms with van der Waals surface area (Å²) in [6.45, 7) is 13.0. The van der Waals surface area contributed by atoms with Crippen LogP contribution in [0.15, 0.2) is 11.4 Å². The number of ether oxygens (including phenoxy) is 1. The number of thiophene rings is 1. The molecule has 3 rings (SSSR count). The summed E-state index contributed by atoms with van der Waals surface area (Å²) < 4.78 is 5.50. The molecule has 1 N–H and O–H groups in total. The van der Waals surface area contributed by atoms with Crippen molar-refractivity contribution >= 4 is 11.3 Å². The highest BCUT2D eigenvalue weighted by Gasteiger charge is 2.28. The molecule has 0 aliphatic carbocycles. The number of nitrogens with one attached hydrogen (secondary N) is 1. The van der Waals surface area contributed by atoms with E-state index in [1.54, 1.807) is 4.88 Å². The first-order valence-corrected chi connectivity index (χ1v) is 8.93. The van der Waals surface area contributed by atoms with E-state index in [1.165, 1.54) is 5.56 Å². The molecule has 0 aromatic carbocycles. The van der Waals surface area contributed by atoms with Crippen LogP contribution in [0.5, 0.6) is 0 Å². The third-order valence-corrected chi connectivity index (χ3v) is 5.70. The maximum Gasteiger partial charge on any atom is 0.0594 e. The van der Waals surface area contributed by atoms with Gasteiger partial charge in [0.2, 0.25) is 0 Å². The Hall–Kier alpha value is -0.460. The van der Waals surface area contributed by atoms with Crippen LogP contribution in [0.2, 0.25) is 0 Å². The molecule has 5 heteroatoms. The van der Waals surface area contributed by atoms with Crippen LogP contribution in [-0.4, -0.2) is 68.3 Å². The van der Waals surface area contributed by atoms with E-state index in [-0.39, 0.29) is 0 Å². The molecule has 4 nitrogen and oxygen atoms in total. The molecule has 0 radical (unpaired) electrons. The van der Waals surface area contributed by atoms with Crippen LogP contribution < -0.4 is 5.32 Å². The fraction of sp³-hybridized carbons (Fsp3) is 0.750. The number of aryl methyl sites for hydroxylation is 1. The lowest BCUT2D eigenvalue weighted by molar-refractivity contribution is 0.0192. The van der Waals surface area contributed by atoms with Gasteiger partial charge >= 0.3 is 0 Å². The van der Waals surface area contributed by atoms with E-state index in [0.29, 0.717) is 12.1 Å². The molecule has 2 fully saturated rings. The van der Waals surface area contributed by atoms with Gasteiger partial charge in [-0.3, -0.25) is 9.80 Å². The van der Waals surface area contributed by atoms with E-state index in [2.05, 4.69) is 40.4 Å². The third-order valence-electron chi connectivity index (χ3n) is 4.58. The van der Waals surface area contributed by atoms with Crippen molar-refractivity contribution in [3.8, 4) is 0 Å². The standard InChI is InChI=1S/C16H27N3OS/c1-13-3-10-21-16(13)15(12-18-6-8-20-9-7-18)19-5-4-17-14(2)11-19/h3,10,14-15,17H,4-9,11-12H2,1-2H3. The average molecular weight is 309 g/mol. The smallest absolute Gasteiger partial charge is 0.0594 e. The van der Waals surface area contributed by atoms with E-state index < -0.39 is 0 Å². The summed E-state index contributed by atoms with van der Waals surface area (Å²) in [7, 11) is 0. The Morgan fingerprint density at radius 2 is 2.19 bits per heavy atom. The van der Waals surface area contributed by atoms with Crippen molar-refractivity contribution < 1.29 is 4.74 Å². The summed E-state index contributed by atoms with van der Waals surface area (Å²) in [5, 5.41) is 5.80. The Kier molecular flexibility index (Phi) is 5.29. The van der Waals surface area contributed by atoms with Gasteiger partial charge in [0.25, 0.3) is 0 Å². The highest BCUT2D eigenvalue weighted by Crippen LogP contribution is 2.30. The number of hydrogen-bond donors (Lipinski definition) is 1. The summed E-state index contributed by atoms with van der Waals surface area (Å²) in [6.07, 6.45) is 0. The molecule has 0 amide bonds. The summed E-state index contributed by atoms with van der Waals surface area (Å²) in [6, 6.07) is 3.39. The molecule has 21 heavy (non-hydrogen) atoms. The van der Waals surface area contributed by atoms with Crippen LogP contribution in [0, 0.1) is 6.92 Å². The van der Waals surface area contributed by atoms with Crippen molar-refractivity contribution in [2.45, 2.75) is 25.9 Å². The average Bonchev–Trinajstić information content (AvgIpc) is 2.92. The summed E-state index contributed by atoms with van der Waals surface area (Å²) in [5.41, 5.74) is 1.45. The molecule has 1 aromatic rings. The van der Waals surface area contributed by atoms with Crippen LogP contribution in [0.4, 0.5) is 0 Å². The van der Waals surface area contributed by atoms with Gasteiger partial charge in [-0.1, -0.05) is 0 Å². The van der Waals surface area contributed by atoms with Crippen molar-refractivity contribution in [1.29, 1.82) is 0 Å². The van der Waals surface area contributed by atoms with Gasteiger partial charge in [-0.25, -0.2) is 0 Å². The van der Waals surface area contributed by atoms with Gasteiger partial charge in [-0.05, 0) is 30.9 Å². The summed E-state index contributed by atoms with van der Waals surface area (Å²) in [4.78, 5) is 6.80. The predicted octanol–water partition coefficient (Wildman–Crippen LogP) is 1.72. The van der Waals surface area contributed by atoms with Gasteiger partial charge in [-0.2, -0.15) is 0 Å². The number of hydrogen-bond acceptors (Lipinski definition) is 5. The van der Waals surface area contributed by atoms with Gasteiger partial charge in [0.1, 0.15) is 0 Å². The number of nitrogens with zero attached hydrogens (tertiary/aromatic N) is 2. The van der Waals surface area contributed by atoms with Gasteiger partial charge < -0.3 is 10.1 Å². The molecular formula is C16H27N3OS. The number of rotatable bonds is 4. The second-order valence-electron chi connectivity index (χ2n) is 6.25. The molecule has 2 aliphatic heterocycles. The lowest BCUT2D eigenvalue weighted by Crippen LogP contribution is -2.52. The first kappa shape index (κ1) is 15.4. The fourth-order valence-electron chi connectivity index (χ4n) is 3.36. The topological polar surface area (TPSA) is 27.7 Å². The molecule has 3 heterocycles. The third kappa shape index (κ3) is 3.85. The molecule has 2 saturated heterocycles. The van der Waals surface area contributed by atoms with Crippen LogP contribution in [0.3, 0.4) is 0 Å². The fourth-order valence-corrected chi connectivity index (χ4v) is 4.42. The predicted molar refractivity (Wildman–Crippen MR) is 88.1 cm³/mol. The second kappa shape index (κ2) is 7.20. The zero-order chi connectivity index (χ0) is 14.7. The minimum atomic E-state index is 0.535. The maximum atomic E-state index is 5.50. The van der Waals surface area contributed by atoms with Crippen molar-refractivity contribution in [3.05, 3.63) is 21.9 Å². The first-order valence-electron chi connectivity index (χ1n) is 8.05. The zero-order valence-electron chi connectivity index (χ0n) is 13.2. The van der Waals surface area contributed by atoms with Crippen LogP contribution in [0.1, 0.15) is 23.4 Å². The van der Waals surface area contributed by atoms with E-state index in [9.17, 15) is 0 Å². The van der Waals surface area contributed by atoms with E-state index >= 15 is 0 Å². The van der Waals surface area contributed by atoms with Crippen LogP contribution in [-0.2, 0) is 4.74 Å². The quantitative estimate of drug-likeness (QED) is 0.917. The molecule has 118 valence electrons. The normalized spacial score (nSPS) is 26.9. The van der Waals surface area contributed by atoms with Crippen LogP contribution >= 0.6 is 11.3 Å². The van der Waals surface area contributed by atoms with Crippen molar-refractivity contribution in [2.24, 2.45) is 0 Å². The van der Waals surface area contributed by atoms with Crippen molar-refractivity contribution in [2.75, 3.05) is 52.5 Å². The SMILES string of the molecule is Cc1ccsc1C(CN1CCOCC1)N1CCNC(C)C1. The molecule has 1 aromatic heterocycles.